The number of aryl methyl sites for hydroxylation is 1. The zero-order valence-corrected chi connectivity index (χ0v) is 9.45. The van der Waals surface area contributed by atoms with Crippen molar-refractivity contribution in [3.8, 4) is 6.07 Å². The van der Waals surface area contributed by atoms with Crippen LogP contribution in [0.3, 0.4) is 0 Å². The minimum atomic E-state index is -3.50. The molecule has 15 heavy (non-hydrogen) atoms. The summed E-state index contributed by atoms with van der Waals surface area (Å²) in [7, 11) is -2.06. The minimum Gasteiger partial charge on any atom is -0.272 e. The highest BCUT2D eigenvalue weighted by molar-refractivity contribution is 7.92. The topological polar surface area (TPSA) is 61.2 Å². The molecule has 4 nitrogen and oxygen atoms in total. The average molecular weight is 224 g/mol. The highest BCUT2D eigenvalue weighted by Crippen LogP contribution is 2.16. The molecule has 0 spiro atoms. The fourth-order valence-corrected chi connectivity index (χ4v) is 1.89. The molecule has 0 bridgehead atoms. The predicted molar refractivity (Wildman–Crippen MR) is 59.0 cm³/mol. The van der Waals surface area contributed by atoms with Crippen LogP contribution in [0.4, 0.5) is 5.69 Å². The van der Waals surface area contributed by atoms with Gasteiger partial charge in [-0.1, -0.05) is 17.7 Å². The summed E-state index contributed by atoms with van der Waals surface area (Å²) in [6.45, 7) is 1.92. The summed E-state index contributed by atoms with van der Waals surface area (Å²) in [4.78, 5) is 0. The number of hydrogen-bond donors (Lipinski definition) is 0. The Morgan fingerprint density at radius 1 is 1.33 bits per heavy atom. The number of nitriles is 1. The largest absolute Gasteiger partial charge is 0.272 e. The summed E-state index contributed by atoms with van der Waals surface area (Å²) in [5, 5.41) is 8.39. The standard InChI is InChI=1S/C10H12N2O2S/c1-9-3-5-10(6-4-9)12(2)15(13,14)8-7-11/h3-6H,8H2,1-2H3. The molecule has 0 saturated carbocycles. The Hall–Kier alpha value is -1.54. The smallest absolute Gasteiger partial charge is 0.248 e. The van der Waals surface area contributed by atoms with Crippen LogP contribution < -0.4 is 4.31 Å². The van der Waals surface area contributed by atoms with Crippen LogP contribution in [0.5, 0.6) is 0 Å². The van der Waals surface area contributed by atoms with E-state index in [9.17, 15) is 8.42 Å². The molecule has 0 aliphatic rings. The maximum atomic E-state index is 11.5. The normalized spacial score (nSPS) is 10.7. The van der Waals surface area contributed by atoms with Crippen LogP contribution in [0.2, 0.25) is 0 Å². The van der Waals surface area contributed by atoms with Gasteiger partial charge >= 0.3 is 0 Å². The van der Waals surface area contributed by atoms with Crippen molar-refractivity contribution < 1.29 is 8.42 Å². The average Bonchev–Trinajstić information content (AvgIpc) is 2.18. The number of sulfonamides is 1. The summed E-state index contributed by atoms with van der Waals surface area (Å²) in [6, 6.07) is 8.72. The van der Waals surface area contributed by atoms with Gasteiger partial charge in [-0.05, 0) is 19.1 Å². The van der Waals surface area contributed by atoms with Gasteiger partial charge in [0.2, 0.25) is 10.0 Å². The molecule has 0 aromatic heterocycles. The molecule has 0 atom stereocenters. The van der Waals surface area contributed by atoms with Crippen molar-refractivity contribution in [1.82, 2.24) is 0 Å². The fraction of sp³-hybridized carbons (Fsp3) is 0.300. The maximum absolute atomic E-state index is 11.5. The van der Waals surface area contributed by atoms with Crippen molar-refractivity contribution in [2.45, 2.75) is 6.92 Å². The molecule has 5 heteroatoms. The predicted octanol–water partition coefficient (Wildman–Crippen LogP) is 1.28. The van der Waals surface area contributed by atoms with Gasteiger partial charge in [0, 0.05) is 7.05 Å². The fourth-order valence-electron chi connectivity index (χ4n) is 1.09. The van der Waals surface area contributed by atoms with E-state index in [-0.39, 0.29) is 0 Å². The Kier molecular flexibility index (Phi) is 3.32. The number of rotatable bonds is 3. The summed E-state index contributed by atoms with van der Waals surface area (Å²) in [5.74, 6) is -0.503. The molecule has 0 radical (unpaired) electrons. The monoisotopic (exact) mass is 224 g/mol. The zero-order valence-electron chi connectivity index (χ0n) is 8.64. The summed E-state index contributed by atoms with van der Waals surface area (Å²) < 4.78 is 24.2. The van der Waals surface area contributed by atoms with E-state index < -0.39 is 15.8 Å². The highest BCUT2D eigenvalue weighted by Gasteiger charge is 2.17. The number of hydrogen-bond acceptors (Lipinski definition) is 3. The van der Waals surface area contributed by atoms with Crippen LogP contribution in [-0.4, -0.2) is 21.2 Å². The number of benzene rings is 1. The quantitative estimate of drug-likeness (QED) is 0.777. The summed E-state index contributed by atoms with van der Waals surface area (Å²) in [6.07, 6.45) is 0. The Balaban J connectivity index is 3.00. The van der Waals surface area contributed by atoms with Crippen LogP contribution in [0, 0.1) is 18.3 Å². The van der Waals surface area contributed by atoms with E-state index in [1.54, 1.807) is 18.2 Å². The molecule has 1 aromatic carbocycles. The molecule has 1 rings (SSSR count). The molecule has 0 unspecified atom stereocenters. The first-order valence-electron chi connectivity index (χ1n) is 4.37. The third-order valence-corrected chi connectivity index (χ3v) is 3.60. The molecule has 0 aliphatic heterocycles. The Labute approximate surface area is 89.8 Å². The van der Waals surface area contributed by atoms with Gasteiger partial charge in [0.15, 0.2) is 5.75 Å². The van der Waals surface area contributed by atoms with Crippen molar-refractivity contribution in [1.29, 1.82) is 5.26 Å². The minimum absolute atomic E-state index is 0.503. The van der Waals surface area contributed by atoms with Crippen LogP contribution in [0.1, 0.15) is 5.56 Å². The van der Waals surface area contributed by atoms with Gasteiger partial charge in [0.05, 0.1) is 11.8 Å². The van der Waals surface area contributed by atoms with Crippen LogP contribution in [0.25, 0.3) is 0 Å². The third-order valence-electron chi connectivity index (χ3n) is 2.06. The van der Waals surface area contributed by atoms with Gasteiger partial charge in [0.25, 0.3) is 0 Å². The number of anilines is 1. The molecule has 0 saturated heterocycles. The van der Waals surface area contributed by atoms with Crippen molar-refractivity contribution in [2.75, 3.05) is 17.1 Å². The number of nitrogens with zero attached hydrogens (tertiary/aromatic N) is 2. The van der Waals surface area contributed by atoms with E-state index in [0.29, 0.717) is 5.69 Å². The Bertz CT molecular complexity index is 471. The molecule has 1 aromatic rings. The van der Waals surface area contributed by atoms with Crippen LogP contribution in [0.15, 0.2) is 24.3 Å². The lowest BCUT2D eigenvalue weighted by molar-refractivity contribution is 0.597. The first kappa shape index (κ1) is 11.5. The molecule has 0 heterocycles. The first-order chi connectivity index (χ1) is 6.97. The molecule has 0 amide bonds. The van der Waals surface area contributed by atoms with E-state index in [2.05, 4.69) is 0 Å². The second-order valence-electron chi connectivity index (χ2n) is 3.22. The second-order valence-corrected chi connectivity index (χ2v) is 5.22. The molecular formula is C10H12N2O2S. The van der Waals surface area contributed by atoms with Crippen LogP contribution >= 0.6 is 0 Å². The van der Waals surface area contributed by atoms with Gasteiger partial charge < -0.3 is 0 Å². The van der Waals surface area contributed by atoms with Gasteiger partial charge in [-0.25, -0.2) is 8.42 Å². The third kappa shape index (κ3) is 2.70. The van der Waals surface area contributed by atoms with E-state index in [0.717, 1.165) is 9.87 Å². The lowest BCUT2D eigenvalue weighted by atomic mass is 10.2. The van der Waals surface area contributed by atoms with E-state index >= 15 is 0 Å². The highest BCUT2D eigenvalue weighted by atomic mass is 32.2. The van der Waals surface area contributed by atoms with E-state index in [4.69, 9.17) is 5.26 Å². The van der Waals surface area contributed by atoms with Gasteiger partial charge in [-0.15, -0.1) is 0 Å². The SMILES string of the molecule is Cc1ccc(N(C)S(=O)(=O)CC#N)cc1. The Morgan fingerprint density at radius 2 is 1.87 bits per heavy atom. The van der Waals surface area contributed by atoms with Crippen molar-refractivity contribution >= 4 is 15.7 Å². The maximum Gasteiger partial charge on any atom is 0.248 e. The molecule has 0 aliphatic carbocycles. The lowest BCUT2D eigenvalue weighted by Crippen LogP contribution is -2.28. The van der Waals surface area contributed by atoms with Crippen LogP contribution in [-0.2, 0) is 10.0 Å². The lowest BCUT2D eigenvalue weighted by Gasteiger charge is -2.17. The summed E-state index contributed by atoms with van der Waals surface area (Å²) >= 11 is 0. The second kappa shape index (κ2) is 4.32. The van der Waals surface area contributed by atoms with Gasteiger partial charge in [-0.2, -0.15) is 5.26 Å². The van der Waals surface area contributed by atoms with Crippen molar-refractivity contribution in [3.63, 3.8) is 0 Å². The Morgan fingerprint density at radius 3 is 2.33 bits per heavy atom. The molecule has 0 fully saturated rings. The first-order valence-corrected chi connectivity index (χ1v) is 5.98. The van der Waals surface area contributed by atoms with Gasteiger partial charge in [0.1, 0.15) is 0 Å². The van der Waals surface area contributed by atoms with Crippen molar-refractivity contribution in [2.24, 2.45) is 0 Å². The molecular weight excluding hydrogens is 212 g/mol. The van der Waals surface area contributed by atoms with Gasteiger partial charge in [-0.3, -0.25) is 4.31 Å². The zero-order chi connectivity index (χ0) is 11.5. The van der Waals surface area contributed by atoms with E-state index in [1.807, 2.05) is 19.1 Å². The molecule has 0 N–H and O–H groups in total. The van der Waals surface area contributed by atoms with Crippen molar-refractivity contribution in [3.05, 3.63) is 29.8 Å². The van der Waals surface area contributed by atoms with E-state index in [1.165, 1.54) is 7.05 Å². The molecule has 80 valence electrons. The summed E-state index contributed by atoms with van der Waals surface area (Å²) in [5.41, 5.74) is 1.63.